The fraction of sp³-hybridized carbons (Fsp3) is 0.522. The van der Waals surface area contributed by atoms with E-state index in [9.17, 15) is 0 Å². The number of fused-ring (bicyclic) bond motifs is 1. The molecule has 4 nitrogen and oxygen atoms in total. The van der Waals surface area contributed by atoms with Crippen LogP contribution in [-0.4, -0.2) is 24.9 Å². The van der Waals surface area contributed by atoms with Gasteiger partial charge < -0.3 is 19.5 Å². The van der Waals surface area contributed by atoms with Gasteiger partial charge in [-0.05, 0) is 49.0 Å². The molecule has 0 bridgehead atoms. The van der Waals surface area contributed by atoms with E-state index in [1.807, 2.05) is 30.4 Å². The number of hydrogen-bond acceptors (Lipinski definition) is 4. The minimum Gasteiger partial charge on any atom is -0.454 e. The lowest BCUT2D eigenvalue weighted by Crippen LogP contribution is -2.23. The first-order chi connectivity index (χ1) is 13.6. The molecular formula is C23H33NO3S. The zero-order chi connectivity index (χ0) is 20.0. The van der Waals surface area contributed by atoms with Crippen molar-refractivity contribution in [3.63, 3.8) is 0 Å². The van der Waals surface area contributed by atoms with Crippen molar-refractivity contribution in [2.45, 2.75) is 52.6 Å². The fourth-order valence-corrected chi connectivity index (χ4v) is 2.88. The molecule has 0 saturated carbocycles. The number of allylic oxidation sites excluding steroid dienone is 3. The maximum Gasteiger partial charge on any atom is 0.231 e. The van der Waals surface area contributed by atoms with Crippen LogP contribution in [0.1, 0.15) is 51.5 Å². The minimum absolute atomic E-state index is 0.314. The van der Waals surface area contributed by atoms with Gasteiger partial charge in [-0.3, -0.25) is 0 Å². The van der Waals surface area contributed by atoms with Crippen LogP contribution < -0.4 is 14.8 Å². The van der Waals surface area contributed by atoms with Gasteiger partial charge in [-0.1, -0.05) is 63.2 Å². The molecule has 0 atom stereocenters. The van der Waals surface area contributed by atoms with Crippen LogP contribution in [0, 0.1) is 5.92 Å². The molecule has 0 saturated heterocycles. The van der Waals surface area contributed by atoms with Crippen LogP contribution >= 0.6 is 12.2 Å². The zero-order valence-corrected chi connectivity index (χ0v) is 17.9. The van der Waals surface area contributed by atoms with E-state index >= 15 is 0 Å². The Morgan fingerprint density at radius 1 is 1.14 bits per heavy atom. The maximum absolute atomic E-state index is 5.76. The fourth-order valence-electron chi connectivity index (χ4n) is 2.72. The highest BCUT2D eigenvalue weighted by Gasteiger charge is 2.12. The standard InChI is InChI=1S/C23H33NO3S/c1-19(2)16-24-23(28)11-9-7-5-3-4-6-8-10-14-25-17-20-12-13-21-22(15-20)27-18-26-21/h5,7,9,11-13,15,19H,3-4,6,8,10,14,16-18H2,1-2H3,(H,24,28)/b7-5+,11-9+. The van der Waals surface area contributed by atoms with Crippen molar-refractivity contribution in [2.75, 3.05) is 19.9 Å². The van der Waals surface area contributed by atoms with Crippen molar-refractivity contribution >= 4 is 17.2 Å². The molecule has 1 N–H and O–H groups in total. The summed E-state index contributed by atoms with van der Waals surface area (Å²) in [6, 6.07) is 5.97. The number of benzene rings is 1. The second kappa shape index (κ2) is 13.3. The predicted molar refractivity (Wildman–Crippen MR) is 119 cm³/mol. The largest absolute Gasteiger partial charge is 0.454 e. The van der Waals surface area contributed by atoms with E-state index in [-0.39, 0.29) is 0 Å². The second-order valence-electron chi connectivity index (χ2n) is 7.37. The number of ether oxygens (including phenoxy) is 3. The van der Waals surface area contributed by atoms with E-state index < -0.39 is 0 Å². The van der Waals surface area contributed by atoms with E-state index in [0.717, 1.165) is 48.0 Å². The van der Waals surface area contributed by atoms with Crippen molar-refractivity contribution in [2.24, 2.45) is 5.92 Å². The highest BCUT2D eigenvalue weighted by atomic mass is 32.1. The Morgan fingerprint density at radius 2 is 1.96 bits per heavy atom. The molecule has 2 rings (SSSR count). The molecule has 1 aromatic rings. The van der Waals surface area contributed by atoms with Crippen LogP contribution in [-0.2, 0) is 11.3 Å². The summed E-state index contributed by atoms with van der Waals surface area (Å²) < 4.78 is 16.5. The van der Waals surface area contributed by atoms with E-state index in [4.69, 9.17) is 26.4 Å². The molecule has 5 heteroatoms. The summed E-state index contributed by atoms with van der Waals surface area (Å²) in [6.07, 6.45) is 14.1. The van der Waals surface area contributed by atoms with Crippen molar-refractivity contribution in [3.8, 4) is 11.5 Å². The van der Waals surface area contributed by atoms with Gasteiger partial charge in [0.05, 0.1) is 11.6 Å². The molecule has 154 valence electrons. The Labute approximate surface area is 174 Å². The van der Waals surface area contributed by atoms with Crippen molar-refractivity contribution in [1.82, 2.24) is 5.32 Å². The van der Waals surface area contributed by atoms with Crippen molar-refractivity contribution < 1.29 is 14.2 Å². The van der Waals surface area contributed by atoms with Crippen LogP contribution in [0.5, 0.6) is 11.5 Å². The van der Waals surface area contributed by atoms with E-state index in [2.05, 4.69) is 31.3 Å². The first-order valence-corrected chi connectivity index (χ1v) is 10.6. The predicted octanol–water partition coefficient (Wildman–Crippen LogP) is 5.57. The third-order valence-corrected chi connectivity index (χ3v) is 4.57. The Hall–Kier alpha value is -1.85. The van der Waals surface area contributed by atoms with E-state index in [1.54, 1.807) is 0 Å². The average Bonchev–Trinajstić information content (AvgIpc) is 3.15. The molecule has 0 aromatic heterocycles. The summed E-state index contributed by atoms with van der Waals surface area (Å²) in [7, 11) is 0. The first kappa shape index (κ1) is 22.4. The molecule has 1 aliphatic heterocycles. The summed E-state index contributed by atoms with van der Waals surface area (Å²) in [5.41, 5.74) is 1.13. The van der Waals surface area contributed by atoms with Gasteiger partial charge in [-0.25, -0.2) is 0 Å². The molecular weight excluding hydrogens is 370 g/mol. The summed E-state index contributed by atoms with van der Waals surface area (Å²) in [5.74, 6) is 2.24. The van der Waals surface area contributed by atoms with Gasteiger partial charge in [-0.2, -0.15) is 0 Å². The Morgan fingerprint density at radius 3 is 2.82 bits per heavy atom. The van der Waals surface area contributed by atoms with Gasteiger partial charge in [0, 0.05) is 13.2 Å². The molecule has 1 aliphatic rings. The van der Waals surface area contributed by atoms with Gasteiger partial charge in [0.25, 0.3) is 0 Å². The molecule has 0 unspecified atom stereocenters. The molecule has 1 aromatic carbocycles. The van der Waals surface area contributed by atoms with Gasteiger partial charge >= 0.3 is 0 Å². The van der Waals surface area contributed by atoms with Gasteiger partial charge in [0.15, 0.2) is 11.5 Å². The maximum atomic E-state index is 5.76. The van der Waals surface area contributed by atoms with Crippen molar-refractivity contribution in [3.05, 3.63) is 48.1 Å². The quantitative estimate of drug-likeness (QED) is 0.202. The lowest BCUT2D eigenvalue weighted by atomic mass is 10.1. The number of hydrogen-bond donors (Lipinski definition) is 1. The van der Waals surface area contributed by atoms with Crippen LogP contribution in [0.3, 0.4) is 0 Å². The van der Waals surface area contributed by atoms with E-state index in [1.165, 1.54) is 19.3 Å². The van der Waals surface area contributed by atoms with Gasteiger partial charge in [0.2, 0.25) is 6.79 Å². The summed E-state index contributed by atoms with van der Waals surface area (Å²) in [5, 5.41) is 3.23. The van der Waals surface area contributed by atoms with Crippen LogP contribution in [0.4, 0.5) is 0 Å². The summed E-state index contributed by atoms with van der Waals surface area (Å²) >= 11 is 5.24. The van der Waals surface area contributed by atoms with Gasteiger partial charge in [0.1, 0.15) is 0 Å². The topological polar surface area (TPSA) is 39.7 Å². The minimum atomic E-state index is 0.314. The first-order valence-electron chi connectivity index (χ1n) is 10.2. The third kappa shape index (κ3) is 9.38. The molecule has 0 amide bonds. The summed E-state index contributed by atoms with van der Waals surface area (Å²) in [4.78, 5) is 0.805. The smallest absolute Gasteiger partial charge is 0.231 e. The molecule has 0 fully saturated rings. The monoisotopic (exact) mass is 403 g/mol. The molecule has 0 aliphatic carbocycles. The lowest BCUT2D eigenvalue weighted by molar-refractivity contribution is 0.116. The average molecular weight is 404 g/mol. The zero-order valence-electron chi connectivity index (χ0n) is 17.1. The van der Waals surface area contributed by atoms with Gasteiger partial charge in [-0.15, -0.1) is 0 Å². The lowest BCUT2D eigenvalue weighted by Gasteiger charge is -2.06. The van der Waals surface area contributed by atoms with Crippen LogP contribution in [0.2, 0.25) is 0 Å². The Bertz CT molecular complexity index is 655. The number of thiocarbonyl (C=S) groups is 1. The Balaban J connectivity index is 1.42. The Kier molecular flexibility index (Phi) is 10.7. The molecule has 0 spiro atoms. The van der Waals surface area contributed by atoms with E-state index in [0.29, 0.717) is 19.3 Å². The SMILES string of the molecule is CC(C)CNC(=S)/C=C/C=C/CCCCCCOCc1ccc2c(c1)OCO2. The highest BCUT2D eigenvalue weighted by molar-refractivity contribution is 7.80. The molecule has 1 heterocycles. The highest BCUT2D eigenvalue weighted by Crippen LogP contribution is 2.32. The van der Waals surface area contributed by atoms with Crippen LogP contribution in [0.25, 0.3) is 0 Å². The number of rotatable bonds is 13. The molecule has 28 heavy (non-hydrogen) atoms. The molecule has 0 radical (unpaired) electrons. The number of unbranched alkanes of at least 4 members (excludes halogenated alkanes) is 4. The summed E-state index contributed by atoms with van der Waals surface area (Å²) in [6.45, 7) is 7.00. The van der Waals surface area contributed by atoms with Crippen LogP contribution in [0.15, 0.2) is 42.5 Å². The number of nitrogens with one attached hydrogen (secondary N) is 1. The normalized spacial score (nSPS) is 13.1. The van der Waals surface area contributed by atoms with Crippen molar-refractivity contribution in [1.29, 1.82) is 0 Å². The third-order valence-electron chi connectivity index (χ3n) is 4.29. The second-order valence-corrected chi connectivity index (χ2v) is 7.81.